The van der Waals surface area contributed by atoms with Crippen molar-refractivity contribution < 1.29 is 14.3 Å². The van der Waals surface area contributed by atoms with Crippen LogP contribution in [-0.2, 0) is 9.59 Å². The van der Waals surface area contributed by atoms with Crippen molar-refractivity contribution in [2.24, 2.45) is 5.92 Å². The lowest BCUT2D eigenvalue weighted by Gasteiger charge is -2.37. The molecule has 2 heterocycles. The molecule has 1 atom stereocenters. The van der Waals surface area contributed by atoms with Crippen LogP contribution in [0.1, 0.15) is 12.0 Å². The minimum absolute atomic E-state index is 0.0293. The summed E-state index contributed by atoms with van der Waals surface area (Å²) in [5.41, 5.74) is 3.05. The minimum Gasteiger partial charge on any atom is -0.495 e. The Morgan fingerprint density at radius 2 is 1.79 bits per heavy atom. The summed E-state index contributed by atoms with van der Waals surface area (Å²) in [6.45, 7) is 5.31. The molecule has 6 nitrogen and oxygen atoms in total. The summed E-state index contributed by atoms with van der Waals surface area (Å²) in [5, 5.41) is 0. The van der Waals surface area contributed by atoms with Crippen molar-refractivity contribution in [1.82, 2.24) is 4.90 Å². The van der Waals surface area contributed by atoms with Crippen LogP contribution in [0.15, 0.2) is 48.5 Å². The molecule has 0 N–H and O–H groups in total. The highest BCUT2D eigenvalue weighted by molar-refractivity contribution is 6.00. The number of methoxy groups -OCH3 is 1. The highest BCUT2D eigenvalue weighted by atomic mass is 16.5. The largest absolute Gasteiger partial charge is 0.495 e. The van der Waals surface area contributed by atoms with Gasteiger partial charge in [0.1, 0.15) is 5.75 Å². The predicted molar refractivity (Wildman–Crippen MR) is 113 cm³/mol. The van der Waals surface area contributed by atoms with Crippen LogP contribution >= 0.6 is 0 Å². The topological polar surface area (TPSA) is 53.1 Å². The molecular formula is C23H27N3O3. The minimum atomic E-state index is -0.263. The Kier molecular flexibility index (Phi) is 5.43. The molecule has 2 saturated heterocycles. The molecule has 0 aromatic heterocycles. The van der Waals surface area contributed by atoms with Gasteiger partial charge in [-0.3, -0.25) is 9.59 Å². The molecule has 2 aromatic rings. The normalized spacial score (nSPS) is 19.6. The summed E-state index contributed by atoms with van der Waals surface area (Å²) >= 11 is 0. The number of nitrogens with zero attached hydrogens (tertiary/aromatic N) is 3. The second-order valence-electron chi connectivity index (χ2n) is 7.73. The van der Waals surface area contributed by atoms with Gasteiger partial charge in [-0.25, -0.2) is 0 Å². The molecule has 2 aliphatic rings. The van der Waals surface area contributed by atoms with Crippen LogP contribution in [0.3, 0.4) is 0 Å². The third-order valence-electron chi connectivity index (χ3n) is 5.80. The quantitative estimate of drug-likeness (QED) is 0.802. The van der Waals surface area contributed by atoms with Crippen LogP contribution in [0.4, 0.5) is 11.4 Å². The number of aryl methyl sites for hydroxylation is 1. The van der Waals surface area contributed by atoms with Crippen molar-refractivity contribution in [3.8, 4) is 5.75 Å². The smallest absolute Gasteiger partial charge is 0.228 e. The van der Waals surface area contributed by atoms with E-state index in [2.05, 4.69) is 4.90 Å². The van der Waals surface area contributed by atoms with E-state index in [1.54, 1.807) is 12.0 Å². The lowest BCUT2D eigenvalue weighted by atomic mass is 10.1. The zero-order chi connectivity index (χ0) is 20.4. The van der Waals surface area contributed by atoms with E-state index in [0.717, 1.165) is 35.8 Å². The van der Waals surface area contributed by atoms with E-state index in [-0.39, 0.29) is 17.7 Å². The fraction of sp³-hybridized carbons (Fsp3) is 0.391. The third-order valence-corrected chi connectivity index (χ3v) is 5.80. The Morgan fingerprint density at radius 3 is 2.52 bits per heavy atom. The maximum atomic E-state index is 13.1. The molecule has 0 spiro atoms. The fourth-order valence-electron chi connectivity index (χ4n) is 4.24. The maximum Gasteiger partial charge on any atom is 0.228 e. The van der Waals surface area contributed by atoms with Gasteiger partial charge in [0, 0.05) is 44.8 Å². The molecule has 0 aliphatic carbocycles. The number of carbonyl (C=O) groups is 2. The van der Waals surface area contributed by atoms with E-state index in [4.69, 9.17) is 4.74 Å². The molecule has 1 unspecified atom stereocenters. The van der Waals surface area contributed by atoms with Crippen LogP contribution in [-0.4, -0.2) is 56.5 Å². The highest BCUT2D eigenvalue weighted by Gasteiger charge is 2.38. The molecule has 0 saturated carbocycles. The van der Waals surface area contributed by atoms with Crippen LogP contribution < -0.4 is 14.5 Å². The molecule has 152 valence electrons. The van der Waals surface area contributed by atoms with Crippen molar-refractivity contribution in [3.63, 3.8) is 0 Å². The van der Waals surface area contributed by atoms with E-state index in [0.29, 0.717) is 26.1 Å². The Hall–Kier alpha value is -3.02. The van der Waals surface area contributed by atoms with Gasteiger partial charge >= 0.3 is 0 Å². The lowest BCUT2D eigenvalue weighted by molar-refractivity contribution is -0.136. The molecule has 0 bridgehead atoms. The number of benzene rings is 2. The monoisotopic (exact) mass is 393 g/mol. The average molecular weight is 393 g/mol. The molecule has 4 rings (SSSR count). The van der Waals surface area contributed by atoms with E-state index in [1.807, 2.05) is 60.4 Å². The number of carbonyl (C=O) groups excluding carboxylic acids is 2. The zero-order valence-electron chi connectivity index (χ0n) is 17.0. The molecule has 2 amide bonds. The first-order chi connectivity index (χ1) is 14.1. The van der Waals surface area contributed by atoms with Gasteiger partial charge < -0.3 is 19.4 Å². The van der Waals surface area contributed by atoms with Gasteiger partial charge in [0.2, 0.25) is 11.8 Å². The van der Waals surface area contributed by atoms with E-state index in [9.17, 15) is 9.59 Å². The zero-order valence-corrected chi connectivity index (χ0v) is 17.0. The van der Waals surface area contributed by atoms with Gasteiger partial charge in [0.15, 0.2) is 0 Å². The number of ether oxygens (including phenoxy) is 1. The first-order valence-corrected chi connectivity index (χ1v) is 10.1. The summed E-state index contributed by atoms with van der Waals surface area (Å²) in [5.74, 6) is 0.707. The molecule has 0 radical (unpaired) electrons. The summed E-state index contributed by atoms with van der Waals surface area (Å²) in [6.07, 6.45) is 0.291. The number of para-hydroxylation sites is 2. The first-order valence-electron chi connectivity index (χ1n) is 10.1. The van der Waals surface area contributed by atoms with Crippen molar-refractivity contribution >= 4 is 23.2 Å². The van der Waals surface area contributed by atoms with Crippen molar-refractivity contribution in [2.45, 2.75) is 13.3 Å². The van der Waals surface area contributed by atoms with Gasteiger partial charge in [-0.2, -0.15) is 0 Å². The third kappa shape index (κ3) is 3.92. The lowest BCUT2D eigenvalue weighted by Crippen LogP contribution is -2.50. The van der Waals surface area contributed by atoms with E-state index < -0.39 is 0 Å². The van der Waals surface area contributed by atoms with Crippen molar-refractivity contribution in [1.29, 1.82) is 0 Å². The highest BCUT2D eigenvalue weighted by Crippen LogP contribution is 2.30. The number of hydrogen-bond donors (Lipinski definition) is 0. The molecular weight excluding hydrogens is 366 g/mol. The van der Waals surface area contributed by atoms with Crippen LogP contribution in [0, 0.1) is 12.8 Å². The summed E-state index contributed by atoms with van der Waals surface area (Å²) in [6, 6.07) is 15.8. The molecule has 2 aliphatic heterocycles. The summed E-state index contributed by atoms with van der Waals surface area (Å²) in [4.78, 5) is 31.5. The second kappa shape index (κ2) is 8.15. The van der Waals surface area contributed by atoms with Crippen LogP contribution in [0.5, 0.6) is 5.75 Å². The molecule has 2 aromatic carbocycles. The van der Waals surface area contributed by atoms with Gasteiger partial charge in [-0.15, -0.1) is 0 Å². The summed E-state index contributed by atoms with van der Waals surface area (Å²) in [7, 11) is 1.68. The number of anilines is 2. The number of piperazine rings is 1. The van der Waals surface area contributed by atoms with E-state index >= 15 is 0 Å². The van der Waals surface area contributed by atoms with Crippen molar-refractivity contribution in [2.75, 3.05) is 49.6 Å². The van der Waals surface area contributed by atoms with Crippen LogP contribution in [0.25, 0.3) is 0 Å². The average Bonchev–Trinajstić information content (AvgIpc) is 3.15. The molecule has 2 fully saturated rings. The van der Waals surface area contributed by atoms with Gasteiger partial charge in [-0.05, 0) is 36.8 Å². The van der Waals surface area contributed by atoms with Crippen molar-refractivity contribution in [3.05, 3.63) is 54.1 Å². The fourth-order valence-corrected chi connectivity index (χ4v) is 4.24. The van der Waals surface area contributed by atoms with Gasteiger partial charge in [0.05, 0.1) is 18.7 Å². The summed E-state index contributed by atoms with van der Waals surface area (Å²) < 4.78 is 5.46. The Morgan fingerprint density at radius 1 is 1.03 bits per heavy atom. The predicted octanol–water partition coefficient (Wildman–Crippen LogP) is 2.71. The number of rotatable bonds is 4. The standard InChI is InChI=1S/C23H27N3O3/c1-17-6-5-7-19(14-17)26-16-18(15-22(26)27)23(28)25-12-10-24(11-13-25)20-8-3-4-9-21(20)29-2/h3-9,14,18H,10-13,15-16H2,1-2H3. The van der Waals surface area contributed by atoms with Gasteiger partial charge in [-0.1, -0.05) is 24.3 Å². The van der Waals surface area contributed by atoms with Gasteiger partial charge in [0.25, 0.3) is 0 Å². The van der Waals surface area contributed by atoms with E-state index in [1.165, 1.54) is 0 Å². The first kappa shape index (κ1) is 19.3. The Balaban J connectivity index is 1.38. The Labute approximate surface area is 171 Å². The molecule has 29 heavy (non-hydrogen) atoms. The SMILES string of the molecule is COc1ccccc1N1CCN(C(=O)C2CC(=O)N(c3cccc(C)c3)C2)CC1. The number of amides is 2. The number of hydrogen-bond acceptors (Lipinski definition) is 4. The molecule has 6 heteroatoms. The second-order valence-corrected chi connectivity index (χ2v) is 7.73. The maximum absolute atomic E-state index is 13.1. The van der Waals surface area contributed by atoms with Crippen LogP contribution in [0.2, 0.25) is 0 Å². The Bertz CT molecular complexity index is 906.